The van der Waals surface area contributed by atoms with Crippen molar-refractivity contribution in [3.63, 3.8) is 0 Å². The molecule has 1 aromatic heterocycles. The number of benzene rings is 1. The summed E-state index contributed by atoms with van der Waals surface area (Å²) in [6.45, 7) is 11.0. The monoisotopic (exact) mass is 538 g/mol. The van der Waals surface area contributed by atoms with Crippen LogP contribution in [0.5, 0.6) is 0 Å². The lowest BCUT2D eigenvalue weighted by Gasteiger charge is -2.38. The predicted octanol–water partition coefficient (Wildman–Crippen LogP) is 1.52. The van der Waals surface area contributed by atoms with Crippen LogP contribution in [0.25, 0.3) is 10.9 Å². The number of likely N-dealkylation sites (N-methyl/N-ethyl adjacent to an activating group) is 1. The third kappa shape index (κ3) is 5.21. The molecule has 7 N–H and O–H groups in total. The molecule has 10 nitrogen and oxygen atoms in total. The Labute approximate surface area is 228 Å². The highest BCUT2D eigenvalue weighted by molar-refractivity contribution is 5.91. The van der Waals surface area contributed by atoms with Crippen LogP contribution in [0.1, 0.15) is 38.7 Å². The summed E-state index contributed by atoms with van der Waals surface area (Å²) in [4.78, 5) is 38.4. The van der Waals surface area contributed by atoms with Crippen LogP contribution in [0, 0.1) is 5.82 Å². The van der Waals surface area contributed by atoms with Crippen molar-refractivity contribution in [3.8, 4) is 0 Å². The van der Waals surface area contributed by atoms with E-state index in [-0.39, 0.29) is 23.7 Å². The van der Waals surface area contributed by atoms with Crippen LogP contribution in [-0.4, -0.2) is 82.8 Å². The molecule has 2 saturated heterocycles. The van der Waals surface area contributed by atoms with Gasteiger partial charge < -0.3 is 31.6 Å². The van der Waals surface area contributed by atoms with Crippen molar-refractivity contribution < 1.29 is 14.0 Å². The normalized spacial score (nSPS) is 25.4. The smallest absolute Gasteiger partial charge is 0.252 e. The number of carbonyl (C=O) groups excluding carboxylic acids is 2. The van der Waals surface area contributed by atoms with Gasteiger partial charge in [-0.1, -0.05) is 12.7 Å². The fourth-order valence-electron chi connectivity index (χ4n) is 6.02. The van der Waals surface area contributed by atoms with Crippen molar-refractivity contribution in [2.24, 2.45) is 16.5 Å². The first-order valence-corrected chi connectivity index (χ1v) is 13.2. The first kappa shape index (κ1) is 28.5. The molecule has 39 heavy (non-hydrogen) atoms. The van der Waals surface area contributed by atoms with Gasteiger partial charge in [0, 0.05) is 48.4 Å². The molecule has 2 aromatic rings. The van der Waals surface area contributed by atoms with Gasteiger partial charge in [0.15, 0.2) is 0 Å². The topological polar surface area (TPSA) is 145 Å². The van der Waals surface area contributed by atoms with Crippen LogP contribution >= 0.6 is 0 Å². The number of nitrogens with two attached hydrogens (primary N) is 2. The van der Waals surface area contributed by atoms with Gasteiger partial charge in [-0.3, -0.25) is 14.9 Å². The predicted molar refractivity (Wildman–Crippen MR) is 151 cm³/mol. The van der Waals surface area contributed by atoms with Crippen LogP contribution in [0.4, 0.5) is 4.39 Å². The Hall–Kier alpha value is -3.54. The standard InChI is InChI=1S/C28H39FN8O2/c1-6-7-11-33-17(3)37-15-21(20-14-34-22-13-18(29)8-9-19(20)22)24-28(37,4)10-12-36(24)27(39)23(16(2)30)35-26(38)25(31)32-5/h6-9,11,13-14,16,21,23-25,32,34H,3,10,12,15,30-31H2,1-2,4-5H3,(H,35,38)/b7-6-,33-11-/t16?,21-,23?,24-,25-,28-/m1/s1. The van der Waals surface area contributed by atoms with Gasteiger partial charge in [0.05, 0.1) is 11.6 Å². The summed E-state index contributed by atoms with van der Waals surface area (Å²) in [7, 11) is 1.56. The summed E-state index contributed by atoms with van der Waals surface area (Å²) in [5.74, 6) is -0.645. The van der Waals surface area contributed by atoms with Crippen molar-refractivity contribution >= 4 is 28.9 Å². The minimum atomic E-state index is -0.970. The van der Waals surface area contributed by atoms with E-state index in [1.54, 1.807) is 26.3 Å². The van der Waals surface area contributed by atoms with E-state index in [1.165, 1.54) is 12.1 Å². The lowest BCUT2D eigenvalue weighted by molar-refractivity contribution is -0.138. The molecule has 2 amide bonds. The summed E-state index contributed by atoms with van der Waals surface area (Å²) < 4.78 is 14.0. The van der Waals surface area contributed by atoms with Crippen LogP contribution < -0.4 is 22.1 Å². The molecule has 2 fully saturated rings. The number of allylic oxidation sites excluding steroid dienone is 2. The summed E-state index contributed by atoms with van der Waals surface area (Å²) in [6.07, 6.45) is 7.02. The molecule has 0 aliphatic carbocycles. The Balaban J connectivity index is 1.75. The maximum Gasteiger partial charge on any atom is 0.252 e. The number of nitrogens with zero attached hydrogens (tertiary/aromatic N) is 3. The molecular weight excluding hydrogens is 499 g/mol. The molecule has 0 bridgehead atoms. The van der Waals surface area contributed by atoms with Gasteiger partial charge in [-0.25, -0.2) is 9.38 Å². The number of H-pyrrole nitrogens is 1. The Morgan fingerprint density at radius 3 is 2.77 bits per heavy atom. The van der Waals surface area contributed by atoms with Crippen LogP contribution in [0.3, 0.4) is 0 Å². The summed E-state index contributed by atoms with van der Waals surface area (Å²) in [5.41, 5.74) is 13.2. The summed E-state index contributed by atoms with van der Waals surface area (Å²) >= 11 is 0. The maximum absolute atomic E-state index is 14.1. The molecule has 0 radical (unpaired) electrons. The number of aromatic nitrogens is 1. The Bertz CT molecular complexity index is 1300. The highest BCUT2D eigenvalue weighted by Gasteiger charge is 2.59. The molecular formula is C28H39FN8O2. The molecule has 11 heteroatoms. The lowest BCUT2D eigenvalue weighted by atomic mass is 9.84. The fourth-order valence-corrected chi connectivity index (χ4v) is 6.02. The van der Waals surface area contributed by atoms with E-state index < -0.39 is 29.7 Å². The average Bonchev–Trinajstić information content (AvgIpc) is 3.56. The summed E-state index contributed by atoms with van der Waals surface area (Å²) in [5, 5.41) is 6.31. The van der Waals surface area contributed by atoms with Crippen molar-refractivity contribution in [1.29, 1.82) is 0 Å². The quantitative estimate of drug-likeness (QED) is 0.242. The van der Waals surface area contributed by atoms with Crippen molar-refractivity contribution in [2.45, 2.75) is 62.9 Å². The Morgan fingerprint density at radius 1 is 1.36 bits per heavy atom. The van der Waals surface area contributed by atoms with Crippen molar-refractivity contribution in [2.75, 3.05) is 20.1 Å². The number of rotatable bonds is 9. The first-order chi connectivity index (χ1) is 18.5. The lowest BCUT2D eigenvalue weighted by Crippen LogP contribution is -2.62. The second kappa shape index (κ2) is 11.3. The number of likely N-dealkylation sites (tertiary alicyclic amines) is 2. The maximum atomic E-state index is 14.1. The van der Waals surface area contributed by atoms with E-state index in [2.05, 4.69) is 39.0 Å². The Morgan fingerprint density at radius 2 is 2.10 bits per heavy atom. The third-order valence-corrected chi connectivity index (χ3v) is 8.06. The molecule has 1 aromatic carbocycles. The number of fused-ring (bicyclic) bond motifs is 2. The number of aliphatic imine (C=N–C) groups is 1. The largest absolute Gasteiger partial charge is 0.361 e. The van der Waals surface area contributed by atoms with E-state index in [9.17, 15) is 14.0 Å². The number of halogens is 1. The zero-order valence-corrected chi connectivity index (χ0v) is 22.9. The second-order valence-electron chi connectivity index (χ2n) is 10.6. The molecule has 2 aliphatic rings. The zero-order chi connectivity index (χ0) is 28.5. The number of amides is 2. The minimum absolute atomic E-state index is 0.140. The number of hydrogen-bond acceptors (Lipinski definition) is 7. The fraction of sp³-hybridized carbons (Fsp3) is 0.464. The van der Waals surface area contributed by atoms with Gasteiger partial charge in [0.25, 0.3) is 5.91 Å². The van der Waals surface area contributed by atoms with E-state index in [0.717, 1.165) is 10.9 Å². The molecule has 0 saturated carbocycles. The van der Waals surface area contributed by atoms with E-state index in [1.807, 2.05) is 30.2 Å². The van der Waals surface area contributed by atoms with Gasteiger partial charge in [-0.05, 0) is 64.1 Å². The van der Waals surface area contributed by atoms with Crippen LogP contribution in [0.15, 0.2) is 53.9 Å². The van der Waals surface area contributed by atoms with Gasteiger partial charge in [-0.15, -0.1) is 0 Å². The molecule has 2 aliphatic heterocycles. The number of aromatic amines is 1. The number of carbonyl (C=O) groups is 2. The minimum Gasteiger partial charge on any atom is -0.361 e. The summed E-state index contributed by atoms with van der Waals surface area (Å²) in [6, 6.07) is 2.79. The van der Waals surface area contributed by atoms with Gasteiger partial charge in [0.1, 0.15) is 23.8 Å². The zero-order valence-electron chi connectivity index (χ0n) is 22.9. The third-order valence-electron chi connectivity index (χ3n) is 8.06. The van der Waals surface area contributed by atoms with Gasteiger partial charge >= 0.3 is 0 Å². The number of hydrogen-bond donors (Lipinski definition) is 5. The SMILES string of the molecule is C=C(/N=C\C=C/C)N1C[C@H](c2c[nH]c3cc(F)ccc23)[C@H]2N(C(=O)C(NC(=O)[C@H](N)NC)C(C)N)CC[C@]21C. The molecule has 2 unspecified atom stereocenters. The van der Waals surface area contributed by atoms with Gasteiger partial charge in [0.2, 0.25) is 5.91 Å². The Kier molecular flexibility index (Phi) is 8.24. The van der Waals surface area contributed by atoms with Crippen molar-refractivity contribution in [3.05, 3.63) is 60.3 Å². The first-order valence-electron chi connectivity index (χ1n) is 13.2. The second-order valence-corrected chi connectivity index (χ2v) is 10.6. The molecule has 4 rings (SSSR count). The molecule has 210 valence electrons. The van der Waals surface area contributed by atoms with Crippen LogP contribution in [-0.2, 0) is 9.59 Å². The van der Waals surface area contributed by atoms with Crippen molar-refractivity contribution in [1.82, 2.24) is 25.4 Å². The van der Waals surface area contributed by atoms with Gasteiger partial charge in [-0.2, -0.15) is 0 Å². The van der Waals surface area contributed by atoms with E-state index in [4.69, 9.17) is 11.5 Å². The highest BCUT2D eigenvalue weighted by atomic mass is 19.1. The van der Waals surface area contributed by atoms with Crippen LogP contribution in [0.2, 0.25) is 0 Å². The highest BCUT2D eigenvalue weighted by Crippen LogP contribution is 2.50. The number of nitrogens with one attached hydrogen (secondary N) is 3. The average molecular weight is 539 g/mol. The van der Waals surface area contributed by atoms with E-state index >= 15 is 0 Å². The molecule has 0 spiro atoms. The molecule has 6 atom stereocenters. The van der Waals surface area contributed by atoms with E-state index in [0.29, 0.717) is 30.8 Å². The molecule has 3 heterocycles.